The molecule has 51 heavy (non-hydrogen) atoms. The van der Waals surface area contributed by atoms with Gasteiger partial charge in [0.2, 0.25) is 0 Å². The van der Waals surface area contributed by atoms with Crippen LogP contribution in [0.4, 0.5) is 11.4 Å². The van der Waals surface area contributed by atoms with Gasteiger partial charge < -0.3 is 0 Å². The Kier molecular flexibility index (Phi) is 13.6. The van der Waals surface area contributed by atoms with Gasteiger partial charge in [0, 0.05) is 37.2 Å². The molecular weight excluding hydrogens is 722 g/mol. The van der Waals surface area contributed by atoms with E-state index in [0.717, 1.165) is 45.6 Å². The van der Waals surface area contributed by atoms with Crippen LogP contribution < -0.4 is 0 Å². The predicted molar refractivity (Wildman–Crippen MR) is 194 cm³/mol. The molecule has 0 aliphatic rings. The van der Waals surface area contributed by atoms with Crippen molar-refractivity contribution in [2.45, 2.75) is 0 Å². The van der Waals surface area contributed by atoms with E-state index in [4.69, 9.17) is 0 Å². The molecule has 0 atom stereocenters. The summed E-state index contributed by atoms with van der Waals surface area (Å²) in [6, 6.07) is 42.1. The van der Waals surface area contributed by atoms with Crippen LogP contribution in [0.3, 0.4) is 0 Å². The van der Waals surface area contributed by atoms with Gasteiger partial charge in [0.1, 0.15) is 11.4 Å². The quantitative estimate of drug-likeness (QED) is 0.122. The zero-order chi connectivity index (χ0) is 34.1. The Bertz CT molecular complexity index is 1930. The van der Waals surface area contributed by atoms with E-state index in [-0.39, 0.29) is 19.5 Å². The number of rotatable bonds is 6. The van der Waals surface area contributed by atoms with Crippen molar-refractivity contribution in [3.8, 4) is 45.6 Å². The summed E-state index contributed by atoms with van der Waals surface area (Å²) >= 11 is 0. The molecule has 8 rings (SSSR count). The average molecular weight is 752 g/mol. The van der Waals surface area contributed by atoms with Gasteiger partial charge in [-0.05, 0) is 97.1 Å². The summed E-state index contributed by atoms with van der Waals surface area (Å²) in [5.74, 6) is 0. The van der Waals surface area contributed by atoms with Crippen LogP contribution in [0, 0.1) is 0 Å². The first-order chi connectivity index (χ1) is 24.8. The minimum absolute atomic E-state index is 0. The maximum atomic E-state index is 4.37. The largest absolute Gasteiger partial charge is 2.00 e. The molecule has 0 bridgehead atoms. The third-order valence-corrected chi connectivity index (χ3v) is 6.82. The molecule has 8 aromatic heterocycles. The van der Waals surface area contributed by atoms with Crippen LogP contribution in [-0.4, -0.2) is 39.9 Å². The standard InChI is InChI=1S/C20H14N6.2C10H8N2.Ru/c1-3-11-21-17(5-1)19-9-7-15(13-23-19)25-26-16-8-10-20(24-14-16)18-6-2-4-12-22-18;2*1-3-7-11-9(5-1)10-6-2-4-8-12-10;/h1-14H;2*1-8H;/q;;;+2. The van der Waals surface area contributed by atoms with Crippen LogP contribution in [0.1, 0.15) is 0 Å². The second-order valence-electron chi connectivity index (χ2n) is 10.3. The van der Waals surface area contributed by atoms with Crippen molar-refractivity contribution in [1.82, 2.24) is 39.9 Å². The molecule has 0 spiro atoms. The van der Waals surface area contributed by atoms with Crippen molar-refractivity contribution in [2.75, 3.05) is 0 Å². The van der Waals surface area contributed by atoms with Crippen molar-refractivity contribution < 1.29 is 19.5 Å². The van der Waals surface area contributed by atoms with E-state index < -0.39 is 0 Å². The number of pyridine rings is 8. The smallest absolute Gasteiger partial charge is 0.255 e. The molecule has 0 aliphatic heterocycles. The van der Waals surface area contributed by atoms with Gasteiger partial charge in [0.05, 0.1) is 57.9 Å². The molecule has 0 fully saturated rings. The van der Waals surface area contributed by atoms with Gasteiger partial charge in [-0.15, -0.1) is 10.2 Å². The van der Waals surface area contributed by atoms with Crippen LogP contribution in [0.2, 0.25) is 0 Å². The number of hydrogen-bond acceptors (Lipinski definition) is 10. The normalized spacial score (nSPS) is 10.1. The molecule has 246 valence electrons. The molecule has 0 N–H and O–H groups in total. The van der Waals surface area contributed by atoms with Gasteiger partial charge >= 0.3 is 19.5 Å². The molecular formula is C40H30N10Ru+2. The topological polar surface area (TPSA) is 128 Å². The van der Waals surface area contributed by atoms with E-state index in [2.05, 4.69) is 50.1 Å². The van der Waals surface area contributed by atoms with Crippen LogP contribution >= 0.6 is 0 Å². The fourth-order valence-corrected chi connectivity index (χ4v) is 4.39. The SMILES string of the molecule is [Ru+2].c1ccc(-c2ccc(N=Nc3ccc(-c4ccccn4)nc3)cn2)nc1.c1ccc(-c2ccccn2)nc1.c1ccc(-c2ccccn2)nc1. The van der Waals surface area contributed by atoms with E-state index in [1.54, 1.807) is 49.6 Å². The zero-order valence-corrected chi connectivity index (χ0v) is 28.9. The minimum Gasteiger partial charge on any atom is -0.255 e. The maximum Gasteiger partial charge on any atom is 2.00 e. The monoisotopic (exact) mass is 752 g/mol. The van der Waals surface area contributed by atoms with E-state index >= 15 is 0 Å². The molecule has 8 heterocycles. The van der Waals surface area contributed by atoms with Crippen molar-refractivity contribution in [3.05, 3.63) is 183 Å². The summed E-state index contributed by atoms with van der Waals surface area (Å²) < 4.78 is 0. The third-order valence-electron chi connectivity index (χ3n) is 6.82. The van der Waals surface area contributed by atoms with Gasteiger partial charge in [-0.25, -0.2) is 0 Å². The predicted octanol–water partition coefficient (Wildman–Crippen LogP) is 9.30. The maximum absolute atomic E-state index is 4.37. The Morgan fingerprint density at radius 3 is 0.667 bits per heavy atom. The van der Waals surface area contributed by atoms with Gasteiger partial charge in [-0.1, -0.05) is 36.4 Å². The number of azo groups is 1. The second-order valence-corrected chi connectivity index (χ2v) is 10.3. The average Bonchev–Trinajstić information content (AvgIpc) is 3.23. The van der Waals surface area contributed by atoms with E-state index in [1.165, 1.54) is 0 Å². The summed E-state index contributed by atoms with van der Waals surface area (Å²) in [6.07, 6.45) is 13.9. The summed E-state index contributed by atoms with van der Waals surface area (Å²) in [7, 11) is 0. The molecule has 8 aromatic rings. The number of hydrogen-bond donors (Lipinski definition) is 0. The van der Waals surface area contributed by atoms with Gasteiger partial charge in [0.25, 0.3) is 0 Å². The van der Waals surface area contributed by atoms with Crippen molar-refractivity contribution in [1.29, 1.82) is 0 Å². The molecule has 10 nitrogen and oxygen atoms in total. The Morgan fingerprint density at radius 2 is 0.490 bits per heavy atom. The number of aromatic nitrogens is 8. The molecule has 0 radical (unpaired) electrons. The minimum atomic E-state index is 0. The first-order valence-electron chi connectivity index (χ1n) is 15.6. The summed E-state index contributed by atoms with van der Waals surface area (Å²) in [5.41, 5.74) is 8.23. The van der Waals surface area contributed by atoms with Crippen molar-refractivity contribution in [2.24, 2.45) is 10.2 Å². The summed E-state index contributed by atoms with van der Waals surface area (Å²) in [5, 5.41) is 8.40. The number of nitrogens with zero attached hydrogens (tertiary/aromatic N) is 10. The van der Waals surface area contributed by atoms with Gasteiger partial charge in [-0.3, -0.25) is 39.9 Å². The van der Waals surface area contributed by atoms with Gasteiger partial charge in [0.15, 0.2) is 0 Å². The Morgan fingerprint density at radius 1 is 0.255 bits per heavy atom. The Labute approximate surface area is 308 Å². The van der Waals surface area contributed by atoms with E-state index in [0.29, 0.717) is 11.4 Å². The Hall–Kier alpha value is -6.58. The first-order valence-corrected chi connectivity index (χ1v) is 15.6. The van der Waals surface area contributed by atoms with Crippen LogP contribution in [0.25, 0.3) is 45.6 Å². The zero-order valence-electron chi connectivity index (χ0n) is 27.1. The molecule has 0 saturated heterocycles. The fourth-order valence-electron chi connectivity index (χ4n) is 4.39. The van der Waals surface area contributed by atoms with Crippen LogP contribution in [0.5, 0.6) is 0 Å². The molecule has 0 unspecified atom stereocenters. The molecule has 0 saturated carbocycles. The molecule has 0 amide bonds. The summed E-state index contributed by atoms with van der Waals surface area (Å²) in [6.45, 7) is 0. The molecule has 11 heteroatoms. The molecule has 0 aromatic carbocycles. The Balaban J connectivity index is 0.000000167. The molecule has 0 aliphatic carbocycles. The van der Waals surface area contributed by atoms with Crippen LogP contribution in [0.15, 0.2) is 193 Å². The third kappa shape index (κ3) is 11.0. The fraction of sp³-hybridized carbons (Fsp3) is 0. The van der Waals surface area contributed by atoms with E-state index in [9.17, 15) is 0 Å². The second kappa shape index (κ2) is 19.4. The van der Waals surface area contributed by atoms with Gasteiger partial charge in [-0.2, -0.15) is 0 Å². The summed E-state index contributed by atoms with van der Waals surface area (Å²) in [4.78, 5) is 34.0. The van der Waals surface area contributed by atoms with Crippen molar-refractivity contribution >= 4 is 11.4 Å². The first kappa shape index (κ1) is 35.7. The van der Waals surface area contributed by atoms with E-state index in [1.807, 2.05) is 133 Å². The van der Waals surface area contributed by atoms with Crippen LogP contribution in [-0.2, 0) is 19.5 Å². The van der Waals surface area contributed by atoms with Crippen molar-refractivity contribution in [3.63, 3.8) is 0 Å².